The van der Waals surface area contributed by atoms with E-state index < -0.39 is 0 Å². The van der Waals surface area contributed by atoms with Crippen LogP contribution < -0.4 is 4.90 Å². The highest BCUT2D eigenvalue weighted by Crippen LogP contribution is 2.28. The van der Waals surface area contributed by atoms with E-state index in [1.165, 1.54) is 5.56 Å². The molecule has 0 aliphatic heterocycles. The van der Waals surface area contributed by atoms with Gasteiger partial charge in [0.25, 0.3) is 0 Å². The van der Waals surface area contributed by atoms with Crippen LogP contribution in [0.5, 0.6) is 0 Å². The Hall–Kier alpha value is -1.80. The molecule has 18 heavy (non-hydrogen) atoms. The van der Waals surface area contributed by atoms with Crippen LogP contribution in [-0.2, 0) is 6.61 Å². The van der Waals surface area contributed by atoms with Crippen molar-refractivity contribution in [1.29, 1.82) is 0 Å². The van der Waals surface area contributed by atoms with E-state index in [1.807, 2.05) is 18.2 Å². The van der Waals surface area contributed by atoms with Crippen LogP contribution in [0.2, 0.25) is 0 Å². The Morgan fingerprint density at radius 3 is 2.28 bits per heavy atom. The Bertz CT molecular complexity index is 505. The van der Waals surface area contributed by atoms with Crippen LogP contribution in [-0.4, -0.2) is 11.7 Å². The number of para-hydroxylation sites is 1. The highest BCUT2D eigenvalue weighted by molar-refractivity contribution is 5.66. The topological polar surface area (TPSA) is 23.5 Å². The number of benzene rings is 2. The summed E-state index contributed by atoms with van der Waals surface area (Å²) in [6, 6.07) is 16.4. The third-order valence-electron chi connectivity index (χ3n) is 3.11. The van der Waals surface area contributed by atoms with Crippen molar-refractivity contribution in [2.24, 2.45) is 0 Å². The summed E-state index contributed by atoms with van der Waals surface area (Å²) >= 11 is 0. The maximum Gasteiger partial charge on any atom is 0.0702 e. The number of aliphatic hydroxyl groups is 1. The minimum absolute atomic E-state index is 0.0680. The number of nitrogens with zero attached hydrogens (tertiary/aromatic N) is 1. The lowest BCUT2D eigenvalue weighted by atomic mass is 10.1. The van der Waals surface area contributed by atoms with Crippen molar-refractivity contribution in [3.05, 3.63) is 59.7 Å². The second-order valence-corrected chi connectivity index (χ2v) is 4.37. The molecule has 0 atom stereocenters. The molecule has 0 saturated heterocycles. The van der Waals surface area contributed by atoms with E-state index in [9.17, 15) is 5.11 Å². The number of hydrogen-bond donors (Lipinski definition) is 1. The van der Waals surface area contributed by atoms with Gasteiger partial charge in [0, 0.05) is 23.5 Å². The van der Waals surface area contributed by atoms with Gasteiger partial charge < -0.3 is 10.0 Å². The smallest absolute Gasteiger partial charge is 0.0702 e. The summed E-state index contributed by atoms with van der Waals surface area (Å²) in [5.41, 5.74) is 4.44. The molecular formula is C16H19NO. The number of rotatable bonds is 4. The summed E-state index contributed by atoms with van der Waals surface area (Å²) in [6.07, 6.45) is 0. The van der Waals surface area contributed by atoms with Crippen LogP contribution in [0.1, 0.15) is 18.1 Å². The maximum absolute atomic E-state index is 9.43. The van der Waals surface area contributed by atoms with E-state index in [2.05, 4.69) is 49.1 Å². The molecule has 0 saturated carbocycles. The zero-order valence-electron chi connectivity index (χ0n) is 10.9. The fourth-order valence-corrected chi connectivity index (χ4v) is 2.12. The summed E-state index contributed by atoms with van der Waals surface area (Å²) < 4.78 is 0. The van der Waals surface area contributed by atoms with Crippen LogP contribution in [0, 0.1) is 6.92 Å². The number of aliphatic hydroxyl groups excluding tert-OH is 1. The van der Waals surface area contributed by atoms with Gasteiger partial charge in [0.15, 0.2) is 0 Å². The third kappa shape index (κ3) is 2.54. The lowest BCUT2D eigenvalue weighted by Crippen LogP contribution is -2.17. The van der Waals surface area contributed by atoms with E-state index in [1.54, 1.807) is 0 Å². The van der Waals surface area contributed by atoms with Gasteiger partial charge in [0.05, 0.1) is 6.61 Å². The van der Waals surface area contributed by atoms with Crippen molar-refractivity contribution in [1.82, 2.24) is 0 Å². The molecule has 0 aromatic heterocycles. The van der Waals surface area contributed by atoms with Gasteiger partial charge in [-0.2, -0.15) is 0 Å². The van der Waals surface area contributed by atoms with Crippen LogP contribution in [0.3, 0.4) is 0 Å². The first-order chi connectivity index (χ1) is 8.76. The predicted molar refractivity (Wildman–Crippen MR) is 76.2 cm³/mol. The van der Waals surface area contributed by atoms with E-state index in [0.29, 0.717) is 0 Å². The third-order valence-corrected chi connectivity index (χ3v) is 3.11. The SMILES string of the molecule is CCN(c1ccc(C)cc1)c1ccccc1CO. The van der Waals surface area contributed by atoms with Crippen molar-refractivity contribution >= 4 is 11.4 Å². The van der Waals surface area contributed by atoms with Crippen molar-refractivity contribution in [3.63, 3.8) is 0 Å². The van der Waals surface area contributed by atoms with Crippen molar-refractivity contribution < 1.29 is 5.11 Å². The molecule has 0 amide bonds. The normalized spacial score (nSPS) is 10.4. The molecule has 1 N–H and O–H groups in total. The fraction of sp³-hybridized carbons (Fsp3) is 0.250. The average Bonchev–Trinajstić information content (AvgIpc) is 2.42. The van der Waals surface area contributed by atoms with Gasteiger partial charge in [0.1, 0.15) is 0 Å². The number of hydrogen-bond acceptors (Lipinski definition) is 2. The zero-order chi connectivity index (χ0) is 13.0. The maximum atomic E-state index is 9.43. The lowest BCUT2D eigenvalue weighted by Gasteiger charge is -2.25. The molecule has 2 rings (SSSR count). The summed E-state index contributed by atoms with van der Waals surface area (Å²) in [4.78, 5) is 2.21. The van der Waals surface area contributed by atoms with Crippen molar-refractivity contribution in [2.75, 3.05) is 11.4 Å². The zero-order valence-corrected chi connectivity index (χ0v) is 10.9. The molecule has 0 spiro atoms. The molecule has 0 aliphatic carbocycles. The van der Waals surface area contributed by atoms with Gasteiger partial charge in [-0.3, -0.25) is 0 Å². The van der Waals surface area contributed by atoms with E-state index >= 15 is 0 Å². The van der Waals surface area contributed by atoms with Crippen molar-refractivity contribution in [2.45, 2.75) is 20.5 Å². The minimum Gasteiger partial charge on any atom is -0.392 e. The molecule has 0 unspecified atom stereocenters. The molecule has 0 radical (unpaired) electrons. The minimum atomic E-state index is 0.0680. The Morgan fingerprint density at radius 2 is 1.67 bits per heavy atom. The Balaban J connectivity index is 2.41. The Kier molecular flexibility index (Phi) is 4.00. The molecule has 94 valence electrons. The first-order valence-corrected chi connectivity index (χ1v) is 6.29. The molecule has 2 nitrogen and oxygen atoms in total. The van der Waals surface area contributed by atoms with Crippen LogP contribution in [0.25, 0.3) is 0 Å². The monoisotopic (exact) mass is 241 g/mol. The number of aryl methyl sites for hydroxylation is 1. The molecule has 0 bridgehead atoms. The van der Waals surface area contributed by atoms with Crippen LogP contribution in [0.15, 0.2) is 48.5 Å². The Labute approximate surface area is 109 Å². The summed E-state index contributed by atoms with van der Waals surface area (Å²) in [7, 11) is 0. The van der Waals surface area contributed by atoms with Gasteiger partial charge >= 0.3 is 0 Å². The van der Waals surface area contributed by atoms with Gasteiger partial charge in [0.2, 0.25) is 0 Å². The second kappa shape index (κ2) is 5.69. The molecule has 0 fully saturated rings. The first-order valence-electron chi connectivity index (χ1n) is 6.29. The van der Waals surface area contributed by atoms with E-state index in [-0.39, 0.29) is 6.61 Å². The Morgan fingerprint density at radius 1 is 1.00 bits per heavy atom. The molecule has 2 heteroatoms. The average molecular weight is 241 g/mol. The molecule has 0 heterocycles. The standard InChI is InChI=1S/C16H19NO/c1-3-17(15-10-8-13(2)9-11-15)16-7-5-4-6-14(16)12-18/h4-11,18H,3,12H2,1-2H3. The van der Waals surface area contributed by atoms with Crippen molar-refractivity contribution in [3.8, 4) is 0 Å². The molecule has 0 aliphatic rings. The molecular weight excluding hydrogens is 222 g/mol. The lowest BCUT2D eigenvalue weighted by molar-refractivity contribution is 0.282. The van der Waals surface area contributed by atoms with Gasteiger partial charge in [-0.1, -0.05) is 35.9 Å². The molecule has 2 aromatic rings. The second-order valence-electron chi connectivity index (χ2n) is 4.37. The largest absolute Gasteiger partial charge is 0.392 e. The quantitative estimate of drug-likeness (QED) is 0.883. The number of anilines is 2. The first kappa shape index (κ1) is 12.7. The van der Waals surface area contributed by atoms with E-state index in [4.69, 9.17) is 0 Å². The highest BCUT2D eigenvalue weighted by atomic mass is 16.3. The van der Waals surface area contributed by atoms with Gasteiger partial charge in [-0.15, -0.1) is 0 Å². The van der Waals surface area contributed by atoms with Gasteiger partial charge in [-0.25, -0.2) is 0 Å². The fourth-order valence-electron chi connectivity index (χ4n) is 2.12. The van der Waals surface area contributed by atoms with Gasteiger partial charge in [-0.05, 0) is 32.0 Å². The highest BCUT2D eigenvalue weighted by Gasteiger charge is 2.10. The predicted octanol–water partition coefficient (Wildman–Crippen LogP) is 3.65. The van der Waals surface area contributed by atoms with Crippen LogP contribution >= 0.6 is 0 Å². The van der Waals surface area contributed by atoms with Crippen LogP contribution in [0.4, 0.5) is 11.4 Å². The summed E-state index contributed by atoms with van der Waals surface area (Å²) in [6.45, 7) is 5.15. The molecule has 2 aromatic carbocycles. The van der Waals surface area contributed by atoms with E-state index in [0.717, 1.165) is 23.5 Å². The summed E-state index contributed by atoms with van der Waals surface area (Å²) in [5, 5.41) is 9.43. The summed E-state index contributed by atoms with van der Waals surface area (Å²) in [5.74, 6) is 0.